The van der Waals surface area contributed by atoms with Gasteiger partial charge in [-0.05, 0) is 47.9 Å². The summed E-state index contributed by atoms with van der Waals surface area (Å²) < 4.78 is 7.96. The third-order valence-electron chi connectivity index (χ3n) is 5.83. The fourth-order valence-electron chi connectivity index (χ4n) is 4.26. The summed E-state index contributed by atoms with van der Waals surface area (Å²) in [5, 5.41) is 4.24. The molecular formula is C28H21ClN2O3S2. The molecule has 1 amide bonds. The van der Waals surface area contributed by atoms with Crippen LogP contribution in [0.4, 0.5) is 0 Å². The second-order valence-electron chi connectivity index (χ2n) is 8.15. The van der Waals surface area contributed by atoms with Gasteiger partial charge < -0.3 is 14.6 Å². The van der Waals surface area contributed by atoms with Crippen LogP contribution in [0, 0.1) is 0 Å². The Morgan fingerprint density at radius 1 is 1.08 bits per heavy atom. The average Bonchev–Trinajstić information content (AvgIpc) is 3.37. The quantitative estimate of drug-likeness (QED) is 0.170. The zero-order valence-electron chi connectivity index (χ0n) is 19.3. The van der Waals surface area contributed by atoms with Gasteiger partial charge in [0.1, 0.15) is 10.0 Å². The van der Waals surface area contributed by atoms with Gasteiger partial charge in [-0.3, -0.25) is 4.79 Å². The van der Waals surface area contributed by atoms with Crippen LogP contribution in [0.15, 0.2) is 77.7 Å². The number of ether oxygens (including phenoxy) is 1. The van der Waals surface area contributed by atoms with E-state index in [1.807, 2.05) is 77.4 Å². The Bertz CT molecular complexity index is 1520. The first-order valence-electron chi connectivity index (χ1n) is 11.3. The lowest BCUT2D eigenvalue weighted by molar-refractivity contribution is -0.115. The first-order valence-corrected chi connectivity index (χ1v) is 12.9. The number of thiocarbonyl (C=S) groups is 1. The van der Waals surface area contributed by atoms with Crippen LogP contribution in [-0.4, -0.2) is 27.4 Å². The van der Waals surface area contributed by atoms with E-state index in [9.17, 15) is 9.59 Å². The van der Waals surface area contributed by atoms with Gasteiger partial charge in [-0.1, -0.05) is 90.2 Å². The van der Waals surface area contributed by atoms with Crippen molar-refractivity contribution >= 4 is 68.8 Å². The highest BCUT2D eigenvalue weighted by Gasteiger charge is 2.25. The van der Waals surface area contributed by atoms with Crippen molar-refractivity contribution in [1.82, 2.24) is 9.88 Å². The number of nitrogens with one attached hydrogen (secondary N) is 1. The SMILES string of the molecule is CCOC(=O)c1c(-c2ccc(C=C3SC(=S)NC3=O)cc2)c2ccccc2n1Cc1ccc(Cl)cc1. The Balaban J connectivity index is 1.63. The summed E-state index contributed by atoms with van der Waals surface area (Å²) in [6, 6.07) is 23.3. The molecule has 8 heteroatoms. The average molecular weight is 533 g/mol. The molecule has 1 saturated heterocycles. The minimum absolute atomic E-state index is 0.191. The summed E-state index contributed by atoms with van der Waals surface area (Å²) in [4.78, 5) is 25.9. The molecule has 1 fully saturated rings. The molecule has 4 aromatic rings. The first kappa shape index (κ1) is 24.3. The number of thioether (sulfide) groups is 1. The molecule has 0 bridgehead atoms. The van der Waals surface area contributed by atoms with Gasteiger partial charge in [0.25, 0.3) is 5.91 Å². The van der Waals surface area contributed by atoms with Gasteiger partial charge in [-0.2, -0.15) is 0 Å². The Labute approximate surface area is 223 Å². The van der Waals surface area contributed by atoms with E-state index < -0.39 is 0 Å². The van der Waals surface area contributed by atoms with Gasteiger partial charge >= 0.3 is 5.97 Å². The van der Waals surface area contributed by atoms with Crippen molar-refractivity contribution in [2.45, 2.75) is 13.5 Å². The monoisotopic (exact) mass is 532 g/mol. The molecule has 1 aliphatic rings. The fourth-order valence-corrected chi connectivity index (χ4v) is 5.43. The summed E-state index contributed by atoms with van der Waals surface area (Å²) in [6.45, 7) is 2.56. The summed E-state index contributed by atoms with van der Waals surface area (Å²) in [6.07, 6.45) is 1.80. The summed E-state index contributed by atoms with van der Waals surface area (Å²) >= 11 is 12.4. The molecule has 36 heavy (non-hydrogen) atoms. The molecule has 3 aromatic carbocycles. The normalized spacial score (nSPS) is 14.4. The van der Waals surface area contributed by atoms with E-state index in [4.69, 9.17) is 28.6 Å². The number of rotatable bonds is 6. The molecule has 2 heterocycles. The molecule has 0 spiro atoms. The summed E-state index contributed by atoms with van der Waals surface area (Å²) in [5.74, 6) is -0.569. The maximum absolute atomic E-state index is 13.3. The van der Waals surface area contributed by atoms with Gasteiger partial charge in [0.05, 0.1) is 11.5 Å². The molecule has 0 radical (unpaired) electrons. The van der Waals surface area contributed by atoms with Crippen LogP contribution in [-0.2, 0) is 16.1 Å². The maximum Gasteiger partial charge on any atom is 0.355 e. The Kier molecular flexibility index (Phi) is 6.96. The molecular weight excluding hydrogens is 512 g/mol. The van der Waals surface area contributed by atoms with Crippen LogP contribution in [0.1, 0.15) is 28.5 Å². The first-order chi connectivity index (χ1) is 17.4. The number of fused-ring (bicyclic) bond motifs is 1. The van der Waals surface area contributed by atoms with E-state index in [1.54, 1.807) is 13.0 Å². The van der Waals surface area contributed by atoms with Crippen molar-refractivity contribution in [3.63, 3.8) is 0 Å². The number of hydrogen-bond donors (Lipinski definition) is 1. The molecule has 5 rings (SSSR count). The Morgan fingerprint density at radius 3 is 2.47 bits per heavy atom. The lowest BCUT2D eigenvalue weighted by Crippen LogP contribution is -2.17. The number of para-hydroxylation sites is 1. The summed E-state index contributed by atoms with van der Waals surface area (Å²) in [7, 11) is 0. The fraction of sp³-hybridized carbons (Fsp3) is 0.107. The number of esters is 1. The zero-order chi connectivity index (χ0) is 25.2. The molecule has 0 unspecified atom stereocenters. The van der Waals surface area contributed by atoms with Crippen LogP contribution >= 0.6 is 35.6 Å². The standard InChI is InChI=1S/C28H21ClN2O3S2/c1-2-34-27(33)25-24(19-11-7-17(8-12-19)15-23-26(32)30-28(35)36-23)21-5-3-4-6-22(21)31(25)16-18-9-13-20(29)14-10-18/h3-15H,2,16H2,1H3,(H,30,32,35). The van der Waals surface area contributed by atoms with E-state index in [-0.39, 0.29) is 18.5 Å². The van der Waals surface area contributed by atoms with E-state index in [0.717, 1.165) is 33.2 Å². The third kappa shape index (κ3) is 4.82. The van der Waals surface area contributed by atoms with E-state index in [1.165, 1.54) is 11.8 Å². The number of aromatic nitrogens is 1. The van der Waals surface area contributed by atoms with Crippen molar-refractivity contribution in [1.29, 1.82) is 0 Å². The number of halogens is 1. The van der Waals surface area contributed by atoms with Crippen molar-refractivity contribution in [3.05, 3.63) is 99.5 Å². The number of carbonyl (C=O) groups is 2. The van der Waals surface area contributed by atoms with Crippen molar-refractivity contribution in [2.75, 3.05) is 6.61 Å². The van der Waals surface area contributed by atoms with Crippen LogP contribution < -0.4 is 5.32 Å². The molecule has 5 nitrogen and oxygen atoms in total. The molecule has 0 saturated carbocycles. The van der Waals surface area contributed by atoms with Crippen molar-refractivity contribution < 1.29 is 14.3 Å². The van der Waals surface area contributed by atoms with Crippen LogP contribution in [0.25, 0.3) is 28.1 Å². The zero-order valence-corrected chi connectivity index (χ0v) is 21.7. The molecule has 1 aromatic heterocycles. The predicted octanol–water partition coefficient (Wildman–Crippen LogP) is 6.68. The second-order valence-corrected chi connectivity index (χ2v) is 10.3. The van der Waals surface area contributed by atoms with Crippen molar-refractivity contribution in [3.8, 4) is 11.1 Å². The van der Waals surface area contributed by atoms with Gasteiger partial charge in [-0.25, -0.2) is 4.79 Å². The number of hydrogen-bond acceptors (Lipinski definition) is 5. The molecule has 0 aliphatic carbocycles. The topological polar surface area (TPSA) is 60.3 Å². The summed E-state index contributed by atoms with van der Waals surface area (Å²) in [5.41, 5.74) is 5.00. The smallest absolute Gasteiger partial charge is 0.355 e. The van der Waals surface area contributed by atoms with Gasteiger partial charge in [0, 0.05) is 28.0 Å². The van der Waals surface area contributed by atoms with Crippen LogP contribution in [0.3, 0.4) is 0 Å². The molecule has 0 atom stereocenters. The highest BCUT2D eigenvalue weighted by Crippen LogP contribution is 2.37. The minimum atomic E-state index is -0.378. The predicted molar refractivity (Wildman–Crippen MR) is 150 cm³/mol. The molecule has 1 N–H and O–H groups in total. The third-order valence-corrected chi connectivity index (χ3v) is 7.25. The van der Waals surface area contributed by atoms with E-state index in [2.05, 4.69) is 5.32 Å². The van der Waals surface area contributed by atoms with Crippen molar-refractivity contribution in [2.24, 2.45) is 0 Å². The van der Waals surface area contributed by atoms with Gasteiger partial charge in [0.15, 0.2) is 0 Å². The lowest BCUT2D eigenvalue weighted by atomic mass is 10.00. The molecule has 180 valence electrons. The number of benzene rings is 3. The molecule has 1 aliphatic heterocycles. The van der Waals surface area contributed by atoms with E-state index in [0.29, 0.717) is 26.5 Å². The van der Waals surface area contributed by atoms with Gasteiger partial charge in [-0.15, -0.1) is 0 Å². The minimum Gasteiger partial charge on any atom is -0.461 e. The highest BCUT2D eigenvalue weighted by molar-refractivity contribution is 8.26. The number of nitrogens with zero attached hydrogens (tertiary/aromatic N) is 1. The Morgan fingerprint density at radius 2 is 1.81 bits per heavy atom. The maximum atomic E-state index is 13.3. The lowest BCUT2D eigenvalue weighted by Gasteiger charge is -2.12. The highest BCUT2D eigenvalue weighted by atomic mass is 35.5. The number of amides is 1. The van der Waals surface area contributed by atoms with Crippen LogP contribution in [0.2, 0.25) is 5.02 Å². The Hall–Kier alpha value is -3.39. The number of carbonyl (C=O) groups excluding carboxylic acids is 2. The largest absolute Gasteiger partial charge is 0.461 e. The van der Waals surface area contributed by atoms with Gasteiger partial charge in [0.2, 0.25) is 0 Å². The van der Waals surface area contributed by atoms with Crippen LogP contribution in [0.5, 0.6) is 0 Å². The van der Waals surface area contributed by atoms with E-state index >= 15 is 0 Å². The second kappa shape index (κ2) is 10.3.